The molecule has 1 aromatic heterocycles. The van der Waals surface area contributed by atoms with E-state index in [-0.39, 0.29) is 30.9 Å². The van der Waals surface area contributed by atoms with Gasteiger partial charge in [0.25, 0.3) is 0 Å². The number of halogens is 1. The first kappa shape index (κ1) is 19.2. The Morgan fingerprint density at radius 3 is 2.83 bits per heavy atom. The average molecular weight is 414 g/mol. The van der Waals surface area contributed by atoms with E-state index in [0.29, 0.717) is 36.1 Å². The standard InChI is InChI=1S/C21H19FN2O4S/c22-14-5-7-16(8-6-14)26-12-21-24-15(13-29-21)9-20(25)23-10-17-11-27-18-3-1-2-4-19(18)28-17/h1-8,13,17H,9-12H2,(H,23,25)/t17-/m1/s1. The number of hydrogen-bond donors (Lipinski definition) is 1. The van der Waals surface area contributed by atoms with Crippen LogP contribution in [0.15, 0.2) is 53.9 Å². The van der Waals surface area contributed by atoms with E-state index in [1.165, 1.54) is 23.5 Å². The first-order valence-corrected chi connectivity index (χ1v) is 10.0. The van der Waals surface area contributed by atoms with Gasteiger partial charge in [-0.2, -0.15) is 0 Å². The van der Waals surface area contributed by atoms with Crippen molar-refractivity contribution in [2.75, 3.05) is 13.2 Å². The molecule has 2 heterocycles. The van der Waals surface area contributed by atoms with Crippen molar-refractivity contribution >= 4 is 17.2 Å². The van der Waals surface area contributed by atoms with E-state index < -0.39 is 0 Å². The van der Waals surface area contributed by atoms with Crippen LogP contribution in [0.1, 0.15) is 10.7 Å². The summed E-state index contributed by atoms with van der Waals surface area (Å²) in [5.74, 6) is 1.52. The summed E-state index contributed by atoms with van der Waals surface area (Å²) in [5.41, 5.74) is 0.677. The van der Waals surface area contributed by atoms with Crippen LogP contribution in [0.4, 0.5) is 4.39 Å². The molecule has 150 valence electrons. The highest BCUT2D eigenvalue weighted by molar-refractivity contribution is 7.09. The number of carbonyl (C=O) groups is 1. The molecule has 29 heavy (non-hydrogen) atoms. The zero-order valence-corrected chi connectivity index (χ0v) is 16.3. The second-order valence-corrected chi connectivity index (χ2v) is 7.40. The Hall–Kier alpha value is -3.13. The van der Waals surface area contributed by atoms with Gasteiger partial charge >= 0.3 is 0 Å². The molecule has 1 N–H and O–H groups in total. The van der Waals surface area contributed by atoms with Crippen molar-refractivity contribution in [1.29, 1.82) is 0 Å². The molecule has 0 saturated carbocycles. The van der Waals surface area contributed by atoms with Crippen LogP contribution < -0.4 is 19.5 Å². The minimum Gasteiger partial charge on any atom is -0.486 e. The maximum Gasteiger partial charge on any atom is 0.226 e. The molecule has 8 heteroatoms. The first-order chi connectivity index (χ1) is 14.2. The van der Waals surface area contributed by atoms with Crippen LogP contribution in [-0.4, -0.2) is 30.1 Å². The molecule has 0 unspecified atom stereocenters. The van der Waals surface area contributed by atoms with Gasteiger partial charge in [0.2, 0.25) is 5.91 Å². The molecule has 1 aliphatic heterocycles. The van der Waals surface area contributed by atoms with Gasteiger partial charge in [-0.15, -0.1) is 11.3 Å². The number of amides is 1. The monoisotopic (exact) mass is 414 g/mol. The number of nitrogens with one attached hydrogen (secondary N) is 1. The molecule has 2 aromatic carbocycles. The van der Waals surface area contributed by atoms with Gasteiger partial charge in [-0.1, -0.05) is 12.1 Å². The second kappa shape index (κ2) is 8.91. The lowest BCUT2D eigenvalue weighted by molar-refractivity contribution is -0.121. The molecule has 1 aliphatic rings. The van der Waals surface area contributed by atoms with Crippen LogP contribution in [0, 0.1) is 5.82 Å². The summed E-state index contributed by atoms with van der Waals surface area (Å²) in [7, 11) is 0. The number of aromatic nitrogens is 1. The number of rotatable bonds is 7. The van der Waals surface area contributed by atoms with E-state index in [4.69, 9.17) is 14.2 Å². The van der Waals surface area contributed by atoms with Crippen molar-refractivity contribution < 1.29 is 23.4 Å². The molecule has 0 bridgehead atoms. The highest BCUT2D eigenvalue weighted by atomic mass is 32.1. The molecule has 0 aliphatic carbocycles. The van der Waals surface area contributed by atoms with Crippen LogP contribution in [0.5, 0.6) is 17.2 Å². The van der Waals surface area contributed by atoms with Crippen molar-refractivity contribution in [3.8, 4) is 17.2 Å². The number of carbonyl (C=O) groups excluding carboxylic acids is 1. The minimum absolute atomic E-state index is 0.135. The highest BCUT2D eigenvalue weighted by Gasteiger charge is 2.21. The third-order valence-electron chi connectivity index (χ3n) is 4.21. The fourth-order valence-corrected chi connectivity index (χ4v) is 3.50. The van der Waals surface area contributed by atoms with E-state index in [9.17, 15) is 9.18 Å². The van der Waals surface area contributed by atoms with Crippen molar-refractivity contribution in [2.24, 2.45) is 0 Å². The van der Waals surface area contributed by atoms with Crippen LogP contribution >= 0.6 is 11.3 Å². The van der Waals surface area contributed by atoms with Gasteiger partial charge in [0.15, 0.2) is 11.5 Å². The molecule has 3 aromatic rings. The quantitative estimate of drug-likeness (QED) is 0.642. The molecule has 0 saturated heterocycles. The van der Waals surface area contributed by atoms with E-state index >= 15 is 0 Å². The summed E-state index contributed by atoms with van der Waals surface area (Å²) in [6, 6.07) is 13.3. The van der Waals surface area contributed by atoms with E-state index in [1.807, 2.05) is 29.6 Å². The number of nitrogens with zero attached hydrogens (tertiary/aromatic N) is 1. The summed E-state index contributed by atoms with van der Waals surface area (Å²) in [4.78, 5) is 16.6. The molecular formula is C21H19FN2O4S. The SMILES string of the molecule is O=C(Cc1csc(COc2ccc(F)cc2)n1)NC[C@@H]1COc2ccccc2O1. The van der Waals surface area contributed by atoms with Gasteiger partial charge in [-0.25, -0.2) is 9.37 Å². The van der Waals surface area contributed by atoms with E-state index in [2.05, 4.69) is 10.3 Å². The van der Waals surface area contributed by atoms with Gasteiger partial charge in [0, 0.05) is 5.38 Å². The third kappa shape index (κ3) is 5.23. The molecule has 1 amide bonds. The first-order valence-electron chi connectivity index (χ1n) is 9.12. The van der Waals surface area contributed by atoms with Crippen molar-refractivity contribution in [1.82, 2.24) is 10.3 Å². The average Bonchev–Trinajstić information content (AvgIpc) is 3.19. The maximum atomic E-state index is 12.9. The normalized spacial score (nSPS) is 15.0. The van der Waals surface area contributed by atoms with Gasteiger partial charge in [-0.05, 0) is 36.4 Å². The van der Waals surface area contributed by atoms with Crippen LogP contribution in [0.25, 0.3) is 0 Å². The summed E-state index contributed by atoms with van der Waals surface area (Å²) >= 11 is 1.42. The Labute approximate surface area is 171 Å². The Bertz CT molecular complexity index is 977. The highest BCUT2D eigenvalue weighted by Crippen LogP contribution is 2.30. The van der Waals surface area contributed by atoms with E-state index in [0.717, 1.165) is 5.01 Å². The number of hydrogen-bond acceptors (Lipinski definition) is 6. The number of thiazole rings is 1. The lowest BCUT2D eigenvalue weighted by Gasteiger charge is -2.26. The maximum absolute atomic E-state index is 12.9. The fraction of sp³-hybridized carbons (Fsp3) is 0.238. The van der Waals surface area contributed by atoms with Crippen LogP contribution in [-0.2, 0) is 17.8 Å². The predicted octanol–water partition coefficient (Wildman–Crippen LogP) is 3.36. The van der Waals surface area contributed by atoms with Gasteiger partial charge in [-0.3, -0.25) is 4.79 Å². The second-order valence-electron chi connectivity index (χ2n) is 6.45. The molecule has 0 radical (unpaired) electrons. The van der Waals surface area contributed by atoms with Crippen molar-refractivity contribution in [3.05, 3.63) is 70.4 Å². The number of fused-ring (bicyclic) bond motifs is 1. The lowest BCUT2D eigenvalue weighted by atomic mass is 10.2. The smallest absolute Gasteiger partial charge is 0.226 e. The summed E-state index contributed by atoms with van der Waals surface area (Å²) in [5, 5.41) is 5.44. The van der Waals surface area contributed by atoms with Gasteiger partial charge in [0.05, 0.1) is 18.7 Å². The zero-order chi connectivity index (χ0) is 20.1. The van der Waals surface area contributed by atoms with E-state index in [1.54, 1.807) is 12.1 Å². The lowest BCUT2D eigenvalue weighted by Crippen LogP contribution is -2.41. The molecule has 0 fully saturated rings. The molecular weight excluding hydrogens is 395 g/mol. The van der Waals surface area contributed by atoms with Gasteiger partial charge < -0.3 is 19.5 Å². The summed E-state index contributed by atoms with van der Waals surface area (Å²) < 4.78 is 29.9. The molecule has 1 atom stereocenters. The largest absolute Gasteiger partial charge is 0.486 e. The molecule has 4 rings (SSSR count). The number of para-hydroxylation sites is 2. The Morgan fingerprint density at radius 1 is 1.21 bits per heavy atom. The zero-order valence-electron chi connectivity index (χ0n) is 15.5. The number of ether oxygens (including phenoxy) is 3. The summed E-state index contributed by atoms with van der Waals surface area (Å²) in [6.07, 6.45) is -0.0547. The molecule has 0 spiro atoms. The van der Waals surface area contributed by atoms with Crippen molar-refractivity contribution in [3.63, 3.8) is 0 Å². The summed E-state index contributed by atoms with van der Waals surface area (Å²) in [6.45, 7) is 1.02. The van der Waals surface area contributed by atoms with Crippen LogP contribution in [0.2, 0.25) is 0 Å². The fourth-order valence-electron chi connectivity index (χ4n) is 2.79. The van der Waals surface area contributed by atoms with Crippen molar-refractivity contribution in [2.45, 2.75) is 19.1 Å². The number of benzene rings is 2. The van der Waals surface area contributed by atoms with Crippen LogP contribution in [0.3, 0.4) is 0 Å². The molecule has 6 nitrogen and oxygen atoms in total. The third-order valence-corrected chi connectivity index (χ3v) is 5.08. The Morgan fingerprint density at radius 2 is 2.00 bits per heavy atom. The predicted molar refractivity (Wildman–Crippen MR) is 106 cm³/mol. The minimum atomic E-state index is -0.311. The topological polar surface area (TPSA) is 69.7 Å². The Kier molecular flexibility index (Phi) is 5.90. The van der Waals surface area contributed by atoms with Gasteiger partial charge in [0.1, 0.15) is 35.9 Å². The Balaban J connectivity index is 1.22.